The molecule has 5 heteroatoms. The average Bonchev–Trinajstić information content (AvgIpc) is 3.03. The van der Waals surface area contributed by atoms with Gasteiger partial charge in [0.2, 0.25) is 5.89 Å². The van der Waals surface area contributed by atoms with Gasteiger partial charge in [0, 0.05) is 5.38 Å². The molecule has 3 aromatic rings. The minimum absolute atomic E-state index is 0.0689. The maximum absolute atomic E-state index is 5.84. The fourth-order valence-corrected chi connectivity index (χ4v) is 2.85. The first-order chi connectivity index (χ1) is 9.84. The molecule has 0 aliphatic heterocycles. The number of aromatic nitrogens is 2. The van der Waals surface area contributed by atoms with Crippen LogP contribution in [0.15, 0.2) is 28.0 Å². The summed E-state index contributed by atoms with van der Waals surface area (Å²) in [5.41, 5.74) is 9.58. The predicted molar refractivity (Wildman–Crippen MR) is 86.4 cm³/mol. The molecule has 0 aliphatic carbocycles. The minimum atomic E-state index is -0.0689. The monoisotopic (exact) mass is 301 g/mol. The zero-order valence-electron chi connectivity index (χ0n) is 12.7. The summed E-state index contributed by atoms with van der Waals surface area (Å²) in [5, 5.41) is 2.83. The van der Waals surface area contributed by atoms with Crippen LogP contribution in [0.2, 0.25) is 0 Å². The van der Waals surface area contributed by atoms with Gasteiger partial charge in [0.25, 0.3) is 0 Å². The van der Waals surface area contributed by atoms with Crippen LogP contribution in [0, 0.1) is 0 Å². The van der Waals surface area contributed by atoms with E-state index in [1.54, 1.807) is 0 Å². The summed E-state index contributed by atoms with van der Waals surface area (Å²) >= 11 is 1.53. The van der Waals surface area contributed by atoms with Crippen LogP contribution in [-0.2, 0) is 5.41 Å². The molecule has 1 atom stereocenters. The Morgan fingerprint density at radius 1 is 1.24 bits per heavy atom. The Labute approximate surface area is 128 Å². The Morgan fingerprint density at radius 3 is 2.62 bits per heavy atom. The number of nitrogens with two attached hydrogens (primary N) is 1. The number of benzene rings is 1. The second kappa shape index (κ2) is 4.93. The summed E-state index contributed by atoms with van der Waals surface area (Å²) in [6, 6.07) is 6.08. The summed E-state index contributed by atoms with van der Waals surface area (Å²) in [6.07, 6.45) is 0. The molecule has 0 spiro atoms. The Kier molecular flexibility index (Phi) is 3.34. The van der Waals surface area contributed by atoms with E-state index in [1.165, 1.54) is 16.9 Å². The Bertz CT molecular complexity index is 780. The molecular weight excluding hydrogens is 282 g/mol. The number of hydrogen-bond donors (Lipinski definition) is 1. The highest BCUT2D eigenvalue weighted by atomic mass is 32.1. The summed E-state index contributed by atoms with van der Waals surface area (Å²) in [4.78, 5) is 9.05. The summed E-state index contributed by atoms with van der Waals surface area (Å²) < 4.78 is 5.81. The van der Waals surface area contributed by atoms with Gasteiger partial charge in [-0.25, -0.2) is 9.97 Å². The molecule has 2 aromatic heterocycles. The van der Waals surface area contributed by atoms with Crippen molar-refractivity contribution in [1.82, 2.24) is 9.97 Å². The van der Waals surface area contributed by atoms with Crippen molar-refractivity contribution in [2.75, 3.05) is 0 Å². The topological polar surface area (TPSA) is 64.9 Å². The van der Waals surface area contributed by atoms with E-state index in [0.717, 1.165) is 21.8 Å². The van der Waals surface area contributed by atoms with Crippen molar-refractivity contribution in [3.8, 4) is 11.6 Å². The fraction of sp³-hybridized carbons (Fsp3) is 0.375. The minimum Gasteiger partial charge on any atom is -0.435 e. The van der Waals surface area contributed by atoms with Crippen LogP contribution in [0.1, 0.15) is 44.3 Å². The van der Waals surface area contributed by atoms with Gasteiger partial charge < -0.3 is 10.2 Å². The quantitative estimate of drug-likeness (QED) is 0.767. The van der Waals surface area contributed by atoms with Crippen molar-refractivity contribution in [3.05, 3.63) is 34.2 Å². The predicted octanol–water partition coefficient (Wildman–Crippen LogP) is 4.27. The van der Waals surface area contributed by atoms with Crippen LogP contribution in [0.4, 0.5) is 0 Å². The summed E-state index contributed by atoms with van der Waals surface area (Å²) in [6.45, 7) is 8.48. The molecule has 4 nitrogen and oxygen atoms in total. The number of oxazole rings is 1. The molecule has 0 saturated heterocycles. The van der Waals surface area contributed by atoms with E-state index in [0.29, 0.717) is 5.89 Å². The number of rotatable bonds is 2. The van der Waals surface area contributed by atoms with E-state index >= 15 is 0 Å². The molecule has 110 valence electrons. The molecule has 0 aliphatic rings. The van der Waals surface area contributed by atoms with Gasteiger partial charge in [-0.15, -0.1) is 11.3 Å². The number of fused-ring (bicyclic) bond motifs is 1. The van der Waals surface area contributed by atoms with Crippen molar-refractivity contribution >= 4 is 22.4 Å². The van der Waals surface area contributed by atoms with Gasteiger partial charge in [-0.2, -0.15) is 0 Å². The highest BCUT2D eigenvalue weighted by Gasteiger charge is 2.17. The molecule has 0 amide bonds. The van der Waals surface area contributed by atoms with E-state index in [4.69, 9.17) is 10.2 Å². The first-order valence-electron chi connectivity index (χ1n) is 6.97. The third-order valence-corrected chi connectivity index (χ3v) is 4.43. The number of nitrogens with zero attached hydrogens (tertiary/aromatic N) is 2. The smallest absolute Gasteiger partial charge is 0.247 e. The standard InChI is InChI=1S/C16H19N3OS/c1-9(17)15-19-12(8-21-15)14-18-11-7-10(16(2,3)4)5-6-13(11)20-14/h5-9H,17H2,1-4H3. The number of hydrogen-bond acceptors (Lipinski definition) is 5. The SMILES string of the molecule is CC(N)c1nc(-c2nc3cc(C(C)(C)C)ccc3o2)cs1. The van der Waals surface area contributed by atoms with Gasteiger partial charge in [-0.05, 0) is 30.0 Å². The lowest BCUT2D eigenvalue weighted by atomic mass is 9.87. The molecule has 0 radical (unpaired) electrons. The Morgan fingerprint density at radius 2 is 2.00 bits per heavy atom. The van der Waals surface area contributed by atoms with Gasteiger partial charge in [-0.1, -0.05) is 26.8 Å². The van der Waals surface area contributed by atoms with Gasteiger partial charge in [0.05, 0.1) is 6.04 Å². The van der Waals surface area contributed by atoms with Gasteiger partial charge in [0.1, 0.15) is 16.2 Å². The second-order valence-corrected chi connectivity index (χ2v) is 7.20. The molecule has 2 N–H and O–H groups in total. The highest BCUT2D eigenvalue weighted by Crippen LogP contribution is 2.30. The first kappa shape index (κ1) is 14.2. The van der Waals surface area contributed by atoms with Crippen LogP contribution in [-0.4, -0.2) is 9.97 Å². The van der Waals surface area contributed by atoms with E-state index in [-0.39, 0.29) is 11.5 Å². The Balaban J connectivity index is 2.04. The van der Waals surface area contributed by atoms with Crippen LogP contribution in [0.3, 0.4) is 0 Å². The van der Waals surface area contributed by atoms with E-state index < -0.39 is 0 Å². The largest absolute Gasteiger partial charge is 0.435 e. The fourth-order valence-electron chi connectivity index (χ4n) is 2.10. The zero-order chi connectivity index (χ0) is 15.2. The van der Waals surface area contributed by atoms with E-state index in [2.05, 4.69) is 42.9 Å². The van der Waals surface area contributed by atoms with Crippen molar-refractivity contribution in [3.63, 3.8) is 0 Å². The Hall–Kier alpha value is -1.72. The molecule has 1 unspecified atom stereocenters. The first-order valence-corrected chi connectivity index (χ1v) is 7.85. The van der Waals surface area contributed by atoms with Crippen LogP contribution < -0.4 is 5.73 Å². The van der Waals surface area contributed by atoms with Gasteiger partial charge in [0.15, 0.2) is 5.58 Å². The molecule has 2 heterocycles. The molecule has 0 fully saturated rings. The second-order valence-electron chi connectivity index (χ2n) is 6.31. The molecule has 21 heavy (non-hydrogen) atoms. The maximum atomic E-state index is 5.84. The third kappa shape index (κ3) is 2.71. The van der Waals surface area contributed by atoms with Gasteiger partial charge >= 0.3 is 0 Å². The third-order valence-electron chi connectivity index (χ3n) is 3.38. The molecular formula is C16H19N3OS. The lowest BCUT2D eigenvalue weighted by molar-refractivity contribution is 0.590. The van der Waals surface area contributed by atoms with Crippen molar-refractivity contribution in [2.24, 2.45) is 5.73 Å². The zero-order valence-corrected chi connectivity index (χ0v) is 13.5. The van der Waals surface area contributed by atoms with Crippen LogP contribution in [0.5, 0.6) is 0 Å². The maximum Gasteiger partial charge on any atom is 0.247 e. The van der Waals surface area contributed by atoms with Crippen LogP contribution in [0.25, 0.3) is 22.7 Å². The summed E-state index contributed by atoms with van der Waals surface area (Å²) in [7, 11) is 0. The van der Waals surface area contributed by atoms with Crippen molar-refractivity contribution in [2.45, 2.75) is 39.2 Å². The molecule has 1 aromatic carbocycles. The molecule has 3 rings (SSSR count). The molecule has 0 bridgehead atoms. The van der Waals surface area contributed by atoms with Crippen molar-refractivity contribution in [1.29, 1.82) is 0 Å². The van der Waals surface area contributed by atoms with Crippen molar-refractivity contribution < 1.29 is 4.42 Å². The number of thiazole rings is 1. The van der Waals surface area contributed by atoms with Crippen LogP contribution >= 0.6 is 11.3 Å². The average molecular weight is 301 g/mol. The van der Waals surface area contributed by atoms with Gasteiger partial charge in [-0.3, -0.25) is 0 Å². The normalized spacial score (nSPS) is 13.8. The van der Waals surface area contributed by atoms with E-state index in [1.807, 2.05) is 18.4 Å². The highest BCUT2D eigenvalue weighted by molar-refractivity contribution is 7.10. The lowest BCUT2D eigenvalue weighted by Crippen LogP contribution is -2.10. The van der Waals surface area contributed by atoms with E-state index in [9.17, 15) is 0 Å². The summed E-state index contributed by atoms with van der Waals surface area (Å²) in [5.74, 6) is 0.555. The lowest BCUT2D eigenvalue weighted by Gasteiger charge is -2.18. The molecule has 0 saturated carbocycles.